The van der Waals surface area contributed by atoms with Gasteiger partial charge in [0.15, 0.2) is 0 Å². The second kappa shape index (κ2) is 9.83. The summed E-state index contributed by atoms with van der Waals surface area (Å²) in [6.07, 6.45) is 14.8. The molecule has 1 aliphatic heterocycles. The van der Waals surface area contributed by atoms with Crippen LogP contribution in [0.15, 0.2) is 0 Å². The van der Waals surface area contributed by atoms with E-state index in [1.807, 2.05) is 0 Å². The number of hydrogen-bond acceptors (Lipinski definition) is 1. The molecule has 1 heterocycles. The van der Waals surface area contributed by atoms with E-state index < -0.39 is 0 Å². The van der Waals surface area contributed by atoms with Crippen molar-refractivity contribution in [2.75, 3.05) is 6.61 Å². The maximum absolute atomic E-state index is 5.32. The Hall–Kier alpha value is -0.0400. The van der Waals surface area contributed by atoms with Crippen LogP contribution in [0, 0.1) is 11.8 Å². The molecule has 0 amide bonds. The molecular weight excluding hydrogens is 220 g/mol. The second-order valence-electron chi connectivity index (χ2n) is 6.41. The Morgan fingerprint density at radius 2 is 1.44 bits per heavy atom. The molecule has 1 rings (SSSR count). The molecule has 0 aliphatic carbocycles. The molecular formula is C17H34O. The normalized spacial score (nSPS) is 21.8. The number of rotatable bonds is 12. The summed E-state index contributed by atoms with van der Waals surface area (Å²) in [7, 11) is 0. The molecule has 0 bridgehead atoms. The van der Waals surface area contributed by atoms with Crippen LogP contribution >= 0.6 is 0 Å². The molecule has 18 heavy (non-hydrogen) atoms. The summed E-state index contributed by atoms with van der Waals surface area (Å²) < 4.78 is 5.32. The highest BCUT2D eigenvalue weighted by Gasteiger charge is 2.26. The van der Waals surface area contributed by atoms with Crippen molar-refractivity contribution in [3.63, 3.8) is 0 Å². The van der Waals surface area contributed by atoms with E-state index in [9.17, 15) is 0 Å². The number of unbranched alkanes of at least 4 members (excludes halogenated alkanes) is 7. The Balaban J connectivity index is 1.83. The molecule has 0 radical (unpaired) electrons. The van der Waals surface area contributed by atoms with E-state index in [1.54, 1.807) is 0 Å². The molecule has 0 saturated carbocycles. The molecule has 108 valence electrons. The minimum absolute atomic E-state index is 0.612. The third kappa shape index (κ3) is 8.13. The minimum Gasteiger partial charge on any atom is -0.373 e. The Bertz CT molecular complexity index is 186. The van der Waals surface area contributed by atoms with Crippen LogP contribution in [0.1, 0.15) is 85.0 Å². The SMILES string of the molecule is CCCCCCCCCCC(C)C(C)CC1CO1. The average Bonchev–Trinajstić information content (AvgIpc) is 3.16. The molecule has 1 nitrogen and oxygen atoms in total. The number of hydrogen-bond donors (Lipinski definition) is 0. The summed E-state index contributed by atoms with van der Waals surface area (Å²) >= 11 is 0. The van der Waals surface area contributed by atoms with Crippen LogP contribution in [0.4, 0.5) is 0 Å². The first-order chi connectivity index (χ1) is 8.74. The van der Waals surface area contributed by atoms with Crippen molar-refractivity contribution in [3.05, 3.63) is 0 Å². The highest BCUT2D eigenvalue weighted by molar-refractivity contribution is 4.74. The lowest BCUT2D eigenvalue weighted by Crippen LogP contribution is -2.10. The van der Waals surface area contributed by atoms with Crippen LogP contribution < -0.4 is 0 Å². The van der Waals surface area contributed by atoms with Crippen LogP contribution in [0.3, 0.4) is 0 Å². The molecule has 3 atom stereocenters. The predicted octanol–water partition coefficient (Wildman–Crippen LogP) is 5.58. The maximum Gasteiger partial charge on any atom is 0.0812 e. The lowest BCUT2D eigenvalue weighted by molar-refractivity contribution is 0.289. The molecule has 3 unspecified atom stereocenters. The quantitative estimate of drug-likeness (QED) is 0.327. The van der Waals surface area contributed by atoms with Crippen LogP contribution in [0.2, 0.25) is 0 Å². The van der Waals surface area contributed by atoms with Gasteiger partial charge in [-0.1, -0.05) is 78.6 Å². The number of epoxide rings is 1. The van der Waals surface area contributed by atoms with Gasteiger partial charge in [-0.15, -0.1) is 0 Å². The summed E-state index contributed by atoms with van der Waals surface area (Å²) in [5, 5.41) is 0. The van der Waals surface area contributed by atoms with Gasteiger partial charge in [0.25, 0.3) is 0 Å². The van der Waals surface area contributed by atoms with Crippen molar-refractivity contribution in [1.82, 2.24) is 0 Å². The van der Waals surface area contributed by atoms with E-state index >= 15 is 0 Å². The summed E-state index contributed by atoms with van der Waals surface area (Å²) in [6.45, 7) is 8.13. The van der Waals surface area contributed by atoms with E-state index in [0.717, 1.165) is 18.4 Å². The van der Waals surface area contributed by atoms with Crippen molar-refractivity contribution < 1.29 is 4.74 Å². The lowest BCUT2D eigenvalue weighted by Gasteiger charge is -2.18. The van der Waals surface area contributed by atoms with Crippen molar-refractivity contribution in [1.29, 1.82) is 0 Å². The monoisotopic (exact) mass is 254 g/mol. The van der Waals surface area contributed by atoms with Gasteiger partial charge in [-0.25, -0.2) is 0 Å². The maximum atomic E-state index is 5.32. The highest BCUT2D eigenvalue weighted by atomic mass is 16.6. The molecule has 0 N–H and O–H groups in total. The van der Waals surface area contributed by atoms with Crippen LogP contribution in [0.25, 0.3) is 0 Å². The van der Waals surface area contributed by atoms with E-state index in [4.69, 9.17) is 4.74 Å². The van der Waals surface area contributed by atoms with E-state index in [2.05, 4.69) is 20.8 Å². The van der Waals surface area contributed by atoms with Crippen molar-refractivity contribution in [2.45, 2.75) is 91.1 Å². The summed E-state index contributed by atoms with van der Waals surface area (Å²) in [4.78, 5) is 0. The molecule has 0 aromatic rings. The fraction of sp³-hybridized carbons (Fsp3) is 1.00. The molecule has 0 aromatic heterocycles. The van der Waals surface area contributed by atoms with Gasteiger partial charge in [-0.3, -0.25) is 0 Å². The van der Waals surface area contributed by atoms with Crippen LogP contribution in [-0.2, 0) is 4.74 Å². The first kappa shape index (κ1) is 16.0. The average molecular weight is 254 g/mol. The Morgan fingerprint density at radius 1 is 0.889 bits per heavy atom. The van der Waals surface area contributed by atoms with Crippen molar-refractivity contribution >= 4 is 0 Å². The van der Waals surface area contributed by atoms with Gasteiger partial charge in [0, 0.05) is 0 Å². The molecule has 1 fully saturated rings. The summed E-state index contributed by atoms with van der Waals surface area (Å²) in [6, 6.07) is 0. The minimum atomic E-state index is 0.612. The van der Waals surface area contributed by atoms with Gasteiger partial charge in [-0.05, 0) is 18.3 Å². The fourth-order valence-corrected chi connectivity index (χ4v) is 2.74. The standard InChI is InChI=1S/C17H34O/c1-4-5-6-7-8-9-10-11-12-15(2)16(3)13-17-14-18-17/h15-17H,4-14H2,1-3H3. The topological polar surface area (TPSA) is 12.5 Å². The van der Waals surface area contributed by atoms with E-state index in [0.29, 0.717) is 6.10 Å². The predicted molar refractivity (Wildman–Crippen MR) is 79.9 cm³/mol. The van der Waals surface area contributed by atoms with E-state index in [1.165, 1.54) is 64.2 Å². The zero-order valence-corrected chi connectivity index (χ0v) is 12.9. The smallest absolute Gasteiger partial charge is 0.0812 e. The molecule has 1 saturated heterocycles. The Kier molecular flexibility index (Phi) is 8.75. The Morgan fingerprint density at radius 3 is 2.00 bits per heavy atom. The third-order valence-electron chi connectivity index (χ3n) is 4.52. The Labute approximate surface area is 115 Å². The highest BCUT2D eigenvalue weighted by Crippen LogP contribution is 2.27. The van der Waals surface area contributed by atoms with Gasteiger partial charge < -0.3 is 4.74 Å². The van der Waals surface area contributed by atoms with Gasteiger partial charge in [0.2, 0.25) is 0 Å². The van der Waals surface area contributed by atoms with E-state index in [-0.39, 0.29) is 0 Å². The molecule has 0 aromatic carbocycles. The molecule has 0 spiro atoms. The second-order valence-corrected chi connectivity index (χ2v) is 6.41. The molecule has 1 heteroatoms. The summed E-state index contributed by atoms with van der Waals surface area (Å²) in [5.74, 6) is 1.73. The summed E-state index contributed by atoms with van der Waals surface area (Å²) in [5.41, 5.74) is 0. The van der Waals surface area contributed by atoms with Crippen LogP contribution in [-0.4, -0.2) is 12.7 Å². The van der Waals surface area contributed by atoms with Crippen molar-refractivity contribution in [3.8, 4) is 0 Å². The van der Waals surface area contributed by atoms with Gasteiger partial charge >= 0.3 is 0 Å². The van der Waals surface area contributed by atoms with Crippen molar-refractivity contribution in [2.24, 2.45) is 11.8 Å². The first-order valence-corrected chi connectivity index (χ1v) is 8.35. The fourth-order valence-electron chi connectivity index (χ4n) is 2.74. The van der Waals surface area contributed by atoms with Gasteiger partial charge in [-0.2, -0.15) is 0 Å². The van der Waals surface area contributed by atoms with Gasteiger partial charge in [0.1, 0.15) is 0 Å². The first-order valence-electron chi connectivity index (χ1n) is 8.35. The zero-order chi connectivity index (χ0) is 13.2. The third-order valence-corrected chi connectivity index (χ3v) is 4.52. The van der Waals surface area contributed by atoms with Gasteiger partial charge in [0.05, 0.1) is 12.7 Å². The van der Waals surface area contributed by atoms with Crippen LogP contribution in [0.5, 0.6) is 0 Å². The zero-order valence-electron chi connectivity index (χ0n) is 12.9. The largest absolute Gasteiger partial charge is 0.373 e. The lowest BCUT2D eigenvalue weighted by atomic mass is 9.87. The molecule has 1 aliphatic rings. The number of ether oxygens (including phenoxy) is 1.